The van der Waals surface area contributed by atoms with Gasteiger partial charge in [0, 0.05) is 27.9 Å². The SMILES string of the molecule is c1ccc(-c2nc3c(ccc4ccc(-c5ccc6cc(N(c7ccc(-c8cc9ccccc9c9ccccc89)cc7)c7ccccc7-c7ccccc7)ccc6c5)cc43)o2)cc1. The van der Waals surface area contributed by atoms with Crippen molar-refractivity contribution in [2.24, 2.45) is 0 Å². The van der Waals surface area contributed by atoms with Crippen LogP contribution in [0.3, 0.4) is 0 Å². The molecule has 290 valence electrons. The van der Waals surface area contributed by atoms with Crippen molar-refractivity contribution < 1.29 is 4.42 Å². The summed E-state index contributed by atoms with van der Waals surface area (Å²) in [7, 11) is 0. The van der Waals surface area contributed by atoms with Gasteiger partial charge in [-0.05, 0) is 132 Å². The first kappa shape index (κ1) is 35.7. The number of para-hydroxylation sites is 1. The van der Waals surface area contributed by atoms with Crippen molar-refractivity contribution in [2.45, 2.75) is 0 Å². The summed E-state index contributed by atoms with van der Waals surface area (Å²) >= 11 is 0. The lowest BCUT2D eigenvalue weighted by atomic mass is 9.93. The van der Waals surface area contributed by atoms with E-state index in [4.69, 9.17) is 9.40 Å². The summed E-state index contributed by atoms with van der Waals surface area (Å²) in [5, 5.41) is 9.60. The molecule has 0 spiro atoms. The number of hydrogen-bond acceptors (Lipinski definition) is 3. The number of nitrogens with zero attached hydrogens (tertiary/aromatic N) is 2. The first-order chi connectivity index (χ1) is 30.7. The lowest BCUT2D eigenvalue weighted by molar-refractivity contribution is 0.620. The molecule has 0 bridgehead atoms. The van der Waals surface area contributed by atoms with E-state index in [-0.39, 0.29) is 0 Å². The smallest absolute Gasteiger partial charge is 0.227 e. The van der Waals surface area contributed by atoms with E-state index in [2.05, 4.69) is 199 Å². The molecule has 1 aromatic heterocycles. The van der Waals surface area contributed by atoms with Crippen LogP contribution in [0, 0.1) is 0 Å². The minimum absolute atomic E-state index is 0.634. The number of oxazole rings is 1. The molecule has 0 saturated heterocycles. The Bertz CT molecular complexity index is 3630. The van der Waals surface area contributed by atoms with Crippen LogP contribution in [0.25, 0.3) is 99.0 Å². The zero-order chi connectivity index (χ0) is 41.0. The predicted octanol–water partition coefficient (Wildman–Crippen LogP) is 16.6. The van der Waals surface area contributed by atoms with E-state index in [0.717, 1.165) is 55.6 Å². The maximum absolute atomic E-state index is 6.23. The van der Waals surface area contributed by atoms with Crippen molar-refractivity contribution in [1.29, 1.82) is 0 Å². The lowest BCUT2D eigenvalue weighted by Gasteiger charge is -2.28. The van der Waals surface area contributed by atoms with Crippen molar-refractivity contribution in [2.75, 3.05) is 4.90 Å². The predicted molar refractivity (Wildman–Crippen MR) is 260 cm³/mol. The Balaban J connectivity index is 0.953. The number of hydrogen-bond donors (Lipinski definition) is 0. The van der Waals surface area contributed by atoms with Gasteiger partial charge >= 0.3 is 0 Å². The normalized spacial score (nSPS) is 11.5. The molecule has 0 radical (unpaired) electrons. The Hall–Kier alpha value is -8.27. The molecule has 12 rings (SSSR count). The van der Waals surface area contributed by atoms with Gasteiger partial charge in [0.15, 0.2) is 5.58 Å². The summed E-state index contributed by atoms with van der Waals surface area (Å²) in [6, 6.07) is 82.7. The average molecular weight is 791 g/mol. The minimum Gasteiger partial charge on any atom is -0.436 e. The van der Waals surface area contributed by atoms with Crippen molar-refractivity contribution in [3.8, 4) is 44.8 Å². The Morgan fingerprint density at radius 3 is 1.73 bits per heavy atom. The summed E-state index contributed by atoms with van der Waals surface area (Å²) in [4.78, 5) is 7.37. The van der Waals surface area contributed by atoms with Crippen molar-refractivity contribution in [3.63, 3.8) is 0 Å². The summed E-state index contributed by atoms with van der Waals surface area (Å²) < 4.78 is 6.23. The number of benzene rings is 11. The molecule has 0 amide bonds. The third kappa shape index (κ3) is 6.18. The third-order valence-electron chi connectivity index (χ3n) is 12.2. The van der Waals surface area contributed by atoms with Gasteiger partial charge in [0.1, 0.15) is 5.52 Å². The first-order valence-electron chi connectivity index (χ1n) is 21.1. The van der Waals surface area contributed by atoms with E-state index in [1.165, 1.54) is 54.6 Å². The second-order valence-corrected chi connectivity index (χ2v) is 15.9. The van der Waals surface area contributed by atoms with Gasteiger partial charge in [-0.3, -0.25) is 0 Å². The van der Waals surface area contributed by atoms with Crippen LogP contribution in [-0.4, -0.2) is 4.98 Å². The number of rotatable bonds is 7. The molecule has 0 aliphatic rings. The van der Waals surface area contributed by atoms with Crippen molar-refractivity contribution in [1.82, 2.24) is 4.98 Å². The highest BCUT2D eigenvalue weighted by molar-refractivity contribution is 6.14. The zero-order valence-electron chi connectivity index (χ0n) is 33.7. The number of aromatic nitrogens is 1. The van der Waals surface area contributed by atoms with Crippen LogP contribution >= 0.6 is 0 Å². The van der Waals surface area contributed by atoms with Crippen LogP contribution in [0.1, 0.15) is 0 Å². The summed E-state index contributed by atoms with van der Waals surface area (Å²) in [5.74, 6) is 0.634. The van der Waals surface area contributed by atoms with Crippen molar-refractivity contribution >= 4 is 71.3 Å². The molecule has 12 aromatic rings. The van der Waals surface area contributed by atoms with Gasteiger partial charge in [0.2, 0.25) is 5.89 Å². The van der Waals surface area contributed by atoms with Crippen LogP contribution in [0.15, 0.2) is 235 Å². The van der Waals surface area contributed by atoms with E-state index >= 15 is 0 Å². The van der Waals surface area contributed by atoms with E-state index in [9.17, 15) is 0 Å². The fraction of sp³-hybridized carbons (Fsp3) is 0. The average Bonchev–Trinajstić information content (AvgIpc) is 3.80. The largest absolute Gasteiger partial charge is 0.436 e. The molecule has 3 nitrogen and oxygen atoms in total. The van der Waals surface area contributed by atoms with E-state index in [1.807, 2.05) is 36.4 Å². The fourth-order valence-corrected chi connectivity index (χ4v) is 9.19. The Morgan fingerprint density at radius 2 is 0.903 bits per heavy atom. The Kier molecular flexibility index (Phi) is 8.50. The molecule has 0 aliphatic heterocycles. The topological polar surface area (TPSA) is 29.3 Å². The van der Waals surface area contributed by atoms with Crippen molar-refractivity contribution in [3.05, 3.63) is 231 Å². The van der Waals surface area contributed by atoms with Gasteiger partial charge in [0.25, 0.3) is 0 Å². The van der Waals surface area contributed by atoms with Gasteiger partial charge in [0.05, 0.1) is 5.69 Å². The molecule has 0 fully saturated rings. The molecule has 62 heavy (non-hydrogen) atoms. The number of fused-ring (bicyclic) bond motifs is 7. The highest BCUT2D eigenvalue weighted by Crippen LogP contribution is 2.43. The number of anilines is 3. The highest BCUT2D eigenvalue weighted by Gasteiger charge is 2.19. The Morgan fingerprint density at radius 1 is 0.323 bits per heavy atom. The lowest BCUT2D eigenvalue weighted by Crippen LogP contribution is -2.11. The molecule has 0 saturated carbocycles. The van der Waals surface area contributed by atoms with Crippen LogP contribution in [0.4, 0.5) is 17.1 Å². The molecule has 3 heteroatoms. The maximum Gasteiger partial charge on any atom is 0.227 e. The highest BCUT2D eigenvalue weighted by atomic mass is 16.3. The molecular formula is C59H38N2O. The van der Waals surface area contributed by atoms with E-state index < -0.39 is 0 Å². The summed E-state index contributed by atoms with van der Waals surface area (Å²) in [5.41, 5.74) is 13.0. The molecule has 0 N–H and O–H groups in total. The van der Waals surface area contributed by atoms with E-state index in [1.54, 1.807) is 0 Å². The second-order valence-electron chi connectivity index (χ2n) is 15.9. The molecular weight excluding hydrogens is 753 g/mol. The third-order valence-corrected chi connectivity index (χ3v) is 12.2. The van der Waals surface area contributed by atoms with Gasteiger partial charge in [-0.25, -0.2) is 4.98 Å². The molecule has 1 heterocycles. The van der Waals surface area contributed by atoms with Gasteiger partial charge < -0.3 is 9.32 Å². The quantitative estimate of drug-likeness (QED) is 0.151. The van der Waals surface area contributed by atoms with Crippen LogP contribution in [-0.2, 0) is 0 Å². The van der Waals surface area contributed by atoms with Crippen LogP contribution in [0.2, 0.25) is 0 Å². The standard InChI is InChI=1S/C59H38N2O/c1-3-13-39(14-4-1)51-19-11-12-22-56(51)61(48-31-27-40(28-32-48)54-38-47-17-7-8-18-50(47)52-20-9-10-21-53(52)54)49-33-29-44-35-43(25-26-45(44)36-49)46-24-23-41-30-34-57-58(55(41)37-46)60-59(62-57)42-15-5-2-6-16-42/h1-38H. The van der Waals surface area contributed by atoms with Crippen LogP contribution in [0.5, 0.6) is 0 Å². The minimum atomic E-state index is 0.634. The van der Waals surface area contributed by atoms with Gasteiger partial charge in [-0.2, -0.15) is 0 Å². The molecule has 0 unspecified atom stereocenters. The zero-order valence-corrected chi connectivity index (χ0v) is 33.7. The van der Waals surface area contributed by atoms with Gasteiger partial charge in [-0.1, -0.05) is 164 Å². The maximum atomic E-state index is 6.23. The summed E-state index contributed by atoms with van der Waals surface area (Å²) in [6.45, 7) is 0. The molecule has 0 aliphatic carbocycles. The second kappa shape index (κ2) is 14.8. The Labute approximate surface area is 359 Å². The monoisotopic (exact) mass is 790 g/mol. The first-order valence-corrected chi connectivity index (χ1v) is 21.1. The molecule has 11 aromatic carbocycles. The molecule has 0 atom stereocenters. The fourth-order valence-electron chi connectivity index (χ4n) is 9.19. The van der Waals surface area contributed by atoms with E-state index in [0.29, 0.717) is 5.89 Å². The van der Waals surface area contributed by atoms with Gasteiger partial charge in [-0.15, -0.1) is 0 Å². The van der Waals surface area contributed by atoms with Crippen LogP contribution < -0.4 is 4.90 Å². The summed E-state index contributed by atoms with van der Waals surface area (Å²) in [6.07, 6.45) is 0.